The summed E-state index contributed by atoms with van der Waals surface area (Å²) in [6.07, 6.45) is -7.14. The minimum atomic E-state index is -7.34. The molecule has 0 radical (unpaired) electrons. The molecule has 0 aliphatic rings. The van der Waals surface area contributed by atoms with Gasteiger partial charge in [0, 0.05) is 0 Å². The summed E-state index contributed by atoms with van der Waals surface area (Å²) >= 11 is 0. The molecule has 0 aliphatic carbocycles. The zero-order chi connectivity index (χ0) is 15.9. The second-order valence-electron chi connectivity index (χ2n) is 2.84. The number of alkyl halides is 9. The lowest BCUT2D eigenvalue weighted by molar-refractivity contribution is -0.382. The number of rotatable bonds is 4. The molecule has 0 saturated heterocycles. The first-order valence-corrected chi connectivity index (χ1v) is 5.08. The van der Waals surface area contributed by atoms with E-state index in [1.165, 1.54) is 4.40 Å². The van der Waals surface area contributed by atoms with Crippen molar-refractivity contribution in [2.24, 2.45) is 4.40 Å². The number of nitrogens with zero attached hydrogens (tertiary/aromatic N) is 1. The molecule has 0 heterocycles. The molecular weight excluding hydrogens is 323 g/mol. The van der Waals surface area contributed by atoms with Crippen molar-refractivity contribution < 1.29 is 47.9 Å². The molecule has 0 unspecified atom stereocenters. The number of hydrogen-bond donors (Lipinski definition) is 1. The van der Waals surface area contributed by atoms with Gasteiger partial charge in [0.05, 0.1) is 0 Å². The molecule has 1 N–H and O–H groups in total. The Hall–Kier alpha value is -1.30. The number of nitrogens with one attached hydrogen (secondary N) is 1. The van der Waals surface area contributed by atoms with Crippen LogP contribution in [0.4, 0.5) is 39.5 Å². The first-order chi connectivity index (χ1) is 8.06. The van der Waals surface area contributed by atoms with Gasteiger partial charge in [-0.1, -0.05) is 4.40 Å². The van der Waals surface area contributed by atoms with E-state index >= 15 is 0 Å². The molecular formula is C5HF9N2O2S. The molecule has 0 amide bonds. The Balaban J connectivity index is 6.14. The molecule has 0 aliphatic heterocycles. The zero-order valence-electron chi connectivity index (χ0n) is 8.07. The van der Waals surface area contributed by atoms with Crippen LogP contribution in [0.2, 0.25) is 0 Å². The van der Waals surface area contributed by atoms with Crippen molar-refractivity contribution in [2.75, 3.05) is 0 Å². The van der Waals surface area contributed by atoms with Crippen LogP contribution in [-0.4, -0.2) is 37.7 Å². The van der Waals surface area contributed by atoms with Crippen molar-refractivity contribution in [1.82, 2.24) is 0 Å². The molecule has 0 spiro atoms. The van der Waals surface area contributed by atoms with Gasteiger partial charge in [-0.05, 0) is 0 Å². The Kier molecular flexibility index (Phi) is 4.07. The topological polar surface area (TPSA) is 70.3 Å². The van der Waals surface area contributed by atoms with E-state index < -0.39 is 33.3 Å². The van der Waals surface area contributed by atoms with Crippen LogP contribution in [0.1, 0.15) is 0 Å². The van der Waals surface area contributed by atoms with Crippen LogP contribution < -0.4 is 0 Å². The molecule has 0 rings (SSSR count). The summed E-state index contributed by atoms with van der Waals surface area (Å²) in [5.41, 5.74) is 0. The Labute approximate surface area is 98.0 Å². The van der Waals surface area contributed by atoms with Gasteiger partial charge in [-0.25, -0.2) is 5.41 Å². The first-order valence-electron chi connectivity index (χ1n) is 3.64. The van der Waals surface area contributed by atoms with E-state index in [1.807, 2.05) is 0 Å². The molecule has 0 aromatic rings. The van der Waals surface area contributed by atoms with Crippen LogP contribution >= 0.6 is 0 Å². The van der Waals surface area contributed by atoms with Crippen molar-refractivity contribution in [3.05, 3.63) is 0 Å². The van der Waals surface area contributed by atoms with Crippen molar-refractivity contribution in [2.45, 2.75) is 23.3 Å². The van der Waals surface area contributed by atoms with Gasteiger partial charge >= 0.3 is 33.3 Å². The summed E-state index contributed by atoms with van der Waals surface area (Å²) < 4.78 is 132. The summed E-state index contributed by atoms with van der Waals surface area (Å²) in [4.78, 5) is 0. The summed E-state index contributed by atoms with van der Waals surface area (Å²) in [6.45, 7) is 0. The Morgan fingerprint density at radius 3 is 1.47 bits per heavy atom. The van der Waals surface area contributed by atoms with Gasteiger partial charge in [-0.15, -0.1) is 0 Å². The zero-order valence-corrected chi connectivity index (χ0v) is 8.89. The molecule has 4 nitrogen and oxygen atoms in total. The number of halogens is 9. The molecule has 19 heavy (non-hydrogen) atoms. The van der Waals surface area contributed by atoms with E-state index in [0.717, 1.165) is 0 Å². The minimum Gasteiger partial charge on any atom is -0.241 e. The van der Waals surface area contributed by atoms with Gasteiger partial charge in [-0.2, -0.15) is 47.9 Å². The van der Waals surface area contributed by atoms with Crippen molar-refractivity contribution in [3.63, 3.8) is 0 Å². The lowest BCUT2D eigenvalue weighted by Gasteiger charge is -2.31. The van der Waals surface area contributed by atoms with Crippen molar-refractivity contribution in [1.29, 1.82) is 5.41 Å². The van der Waals surface area contributed by atoms with Gasteiger partial charge in [-0.3, -0.25) is 0 Å². The van der Waals surface area contributed by atoms with E-state index in [2.05, 4.69) is 0 Å². The van der Waals surface area contributed by atoms with Crippen LogP contribution in [0, 0.1) is 5.41 Å². The smallest absolute Gasteiger partial charge is 0.241 e. The second-order valence-corrected chi connectivity index (χ2v) is 4.49. The SMILES string of the molecule is N=C=NS(=O)(=O)C(F)(F)C(F)(F)C(F)(F)C(F)(F)F. The van der Waals surface area contributed by atoms with Crippen molar-refractivity contribution in [3.8, 4) is 0 Å². The van der Waals surface area contributed by atoms with Crippen LogP contribution in [0.3, 0.4) is 0 Å². The van der Waals surface area contributed by atoms with Crippen molar-refractivity contribution >= 4 is 16.0 Å². The molecule has 0 aromatic carbocycles. The molecule has 0 aromatic heterocycles. The average Bonchev–Trinajstić information content (AvgIpc) is 2.14. The lowest BCUT2D eigenvalue weighted by Crippen LogP contribution is -2.62. The van der Waals surface area contributed by atoms with Crippen LogP contribution in [0.5, 0.6) is 0 Å². The monoisotopic (exact) mass is 324 g/mol. The highest BCUT2D eigenvalue weighted by molar-refractivity contribution is 7.91. The maximum absolute atomic E-state index is 12.7. The van der Waals surface area contributed by atoms with Gasteiger partial charge in [0.25, 0.3) is 0 Å². The maximum atomic E-state index is 12.7. The quantitative estimate of drug-likeness (QED) is 0.637. The van der Waals surface area contributed by atoms with E-state index in [4.69, 9.17) is 5.41 Å². The summed E-state index contributed by atoms with van der Waals surface area (Å²) in [5, 5.41) is -1.06. The van der Waals surface area contributed by atoms with E-state index in [0.29, 0.717) is 6.01 Å². The summed E-state index contributed by atoms with van der Waals surface area (Å²) in [7, 11) is -6.85. The fourth-order valence-corrected chi connectivity index (χ4v) is 1.33. The Morgan fingerprint density at radius 1 is 0.842 bits per heavy atom. The molecule has 112 valence electrons. The normalized spacial score (nSPS) is 15.0. The van der Waals surface area contributed by atoms with Gasteiger partial charge < -0.3 is 0 Å². The van der Waals surface area contributed by atoms with E-state index in [1.54, 1.807) is 0 Å². The van der Waals surface area contributed by atoms with Gasteiger partial charge in [0.2, 0.25) is 0 Å². The third-order valence-corrected chi connectivity index (χ3v) is 2.84. The predicted octanol–water partition coefficient (Wildman–Crippen LogP) is 2.49. The Morgan fingerprint density at radius 2 is 1.21 bits per heavy atom. The van der Waals surface area contributed by atoms with E-state index in [-0.39, 0.29) is 0 Å². The average molecular weight is 324 g/mol. The summed E-state index contributed by atoms with van der Waals surface area (Å²) in [5.74, 6) is -14.7. The van der Waals surface area contributed by atoms with E-state index in [9.17, 15) is 47.9 Å². The minimum absolute atomic E-state index is 0.324. The lowest BCUT2D eigenvalue weighted by atomic mass is 10.1. The summed E-state index contributed by atoms with van der Waals surface area (Å²) in [6, 6.07) is 0.324. The molecule has 0 bridgehead atoms. The fourth-order valence-electron chi connectivity index (χ4n) is 0.640. The molecule has 0 saturated carbocycles. The van der Waals surface area contributed by atoms with Crippen LogP contribution in [0.15, 0.2) is 4.40 Å². The third kappa shape index (κ3) is 2.41. The fraction of sp³-hybridized carbons (Fsp3) is 0.800. The third-order valence-electron chi connectivity index (χ3n) is 1.61. The molecule has 14 heteroatoms. The highest BCUT2D eigenvalue weighted by Gasteiger charge is 2.85. The molecule has 0 atom stereocenters. The Bertz CT molecular complexity index is 501. The highest BCUT2D eigenvalue weighted by Crippen LogP contribution is 2.54. The molecule has 0 fully saturated rings. The second kappa shape index (κ2) is 4.37. The highest BCUT2D eigenvalue weighted by atomic mass is 32.2. The van der Waals surface area contributed by atoms with Crippen LogP contribution in [0.25, 0.3) is 0 Å². The standard InChI is InChI=1S/C5HF9N2O2S/c6-2(7,4(10,11)12)3(8,9)5(13,14)19(17,18)16-1-15/h15H. The van der Waals surface area contributed by atoms with Gasteiger partial charge in [0.1, 0.15) is 6.01 Å². The number of sulfonamides is 1. The predicted molar refractivity (Wildman–Crippen MR) is 40.0 cm³/mol. The number of hydrogen-bond acceptors (Lipinski definition) is 3. The maximum Gasteiger partial charge on any atom is 0.460 e. The first kappa shape index (κ1) is 17.7. The van der Waals surface area contributed by atoms with Crippen LogP contribution in [-0.2, 0) is 10.0 Å². The van der Waals surface area contributed by atoms with Gasteiger partial charge in [0.15, 0.2) is 0 Å². The largest absolute Gasteiger partial charge is 0.460 e.